The van der Waals surface area contributed by atoms with Gasteiger partial charge in [0.2, 0.25) is 5.91 Å². The highest BCUT2D eigenvalue weighted by Crippen LogP contribution is 2.23. The molecule has 0 unspecified atom stereocenters. The van der Waals surface area contributed by atoms with Gasteiger partial charge in [-0.25, -0.2) is 0 Å². The van der Waals surface area contributed by atoms with Gasteiger partial charge in [-0.15, -0.1) is 0 Å². The lowest BCUT2D eigenvalue weighted by Gasteiger charge is -2.20. The maximum atomic E-state index is 10.9. The summed E-state index contributed by atoms with van der Waals surface area (Å²) in [6, 6.07) is 12.4. The van der Waals surface area contributed by atoms with Gasteiger partial charge in [0.25, 0.3) is 0 Å². The van der Waals surface area contributed by atoms with Gasteiger partial charge in [-0.2, -0.15) is 0 Å². The number of aliphatic carboxylic acids is 1. The molecule has 3 N–H and O–H groups in total. The Bertz CT molecular complexity index is 787. The maximum absolute atomic E-state index is 10.9. The Labute approximate surface area is 160 Å². The summed E-state index contributed by atoms with van der Waals surface area (Å²) in [5, 5.41) is 11.1. The second-order valence-corrected chi connectivity index (χ2v) is 7.22. The van der Waals surface area contributed by atoms with Gasteiger partial charge in [0, 0.05) is 12.8 Å². The largest absolute Gasteiger partial charge is 0.481 e. The fourth-order valence-electron chi connectivity index (χ4n) is 3.13. The minimum absolute atomic E-state index is 0.0439. The zero-order valence-corrected chi connectivity index (χ0v) is 16.1. The van der Waals surface area contributed by atoms with Crippen molar-refractivity contribution in [3.05, 3.63) is 47.5 Å². The number of benzene rings is 2. The molecule has 2 atom stereocenters. The number of carbonyl (C=O) groups excluding carboxylic acids is 1. The zero-order chi connectivity index (χ0) is 19.8. The number of hydrogen-bond donors (Lipinski definition) is 2. The topological polar surface area (TPSA) is 89.6 Å². The van der Waals surface area contributed by atoms with Crippen molar-refractivity contribution < 1.29 is 19.4 Å². The molecule has 0 spiro atoms. The molecular weight excluding hydrogens is 342 g/mol. The summed E-state index contributed by atoms with van der Waals surface area (Å²) in [4.78, 5) is 21.6. The average molecular weight is 371 g/mol. The molecule has 0 aliphatic heterocycles. The van der Waals surface area contributed by atoms with Crippen molar-refractivity contribution >= 4 is 22.6 Å². The predicted octanol–water partition coefficient (Wildman–Crippen LogP) is 4.05. The number of aryl methyl sites for hydroxylation is 1. The Balaban J connectivity index is 1.97. The molecule has 0 heterocycles. The molecule has 0 fully saturated rings. The number of hydrogen-bond acceptors (Lipinski definition) is 3. The first kappa shape index (κ1) is 20.9. The van der Waals surface area contributed by atoms with Crippen molar-refractivity contribution in [2.45, 2.75) is 58.7 Å². The molecule has 0 aliphatic carbocycles. The van der Waals surface area contributed by atoms with E-state index in [1.807, 2.05) is 13.0 Å². The van der Waals surface area contributed by atoms with Crippen LogP contribution in [-0.4, -0.2) is 23.1 Å². The molecule has 5 nitrogen and oxygen atoms in total. The number of carboxylic acids is 1. The molecule has 2 aromatic carbocycles. The quantitative estimate of drug-likeness (QED) is 0.623. The first-order valence-corrected chi connectivity index (χ1v) is 9.49. The summed E-state index contributed by atoms with van der Waals surface area (Å²) in [5.74, 6) is -0.768. The van der Waals surface area contributed by atoms with Gasteiger partial charge in [-0.1, -0.05) is 37.3 Å². The van der Waals surface area contributed by atoms with Crippen LogP contribution in [0.4, 0.5) is 0 Å². The van der Waals surface area contributed by atoms with E-state index >= 15 is 0 Å². The van der Waals surface area contributed by atoms with Crippen LogP contribution in [0.2, 0.25) is 0 Å². The van der Waals surface area contributed by atoms with Crippen molar-refractivity contribution in [1.82, 2.24) is 0 Å². The van der Waals surface area contributed by atoms with E-state index in [0.717, 1.165) is 29.2 Å². The van der Waals surface area contributed by atoms with Crippen LogP contribution >= 0.6 is 0 Å². The Morgan fingerprint density at radius 1 is 1.15 bits per heavy atom. The third-order valence-corrected chi connectivity index (χ3v) is 5.03. The monoisotopic (exact) mass is 371 g/mol. The lowest BCUT2D eigenvalue weighted by Crippen LogP contribution is -2.20. The van der Waals surface area contributed by atoms with Crippen molar-refractivity contribution in [2.75, 3.05) is 0 Å². The van der Waals surface area contributed by atoms with E-state index in [1.165, 1.54) is 5.56 Å². The maximum Gasteiger partial charge on any atom is 0.303 e. The Morgan fingerprint density at radius 3 is 2.63 bits per heavy atom. The van der Waals surface area contributed by atoms with E-state index in [0.29, 0.717) is 19.4 Å². The Morgan fingerprint density at radius 2 is 1.93 bits per heavy atom. The van der Waals surface area contributed by atoms with Crippen LogP contribution in [0.25, 0.3) is 10.8 Å². The molecule has 0 aromatic heterocycles. The predicted molar refractivity (Wildman–Crippen MR) is 106 cm³/mol. The van der Waals surface area contributed by atoms with Gasteiger partial charge < -0.3 is 15.6 Å². The number of amides is 1. The van der Waals surface area contributed by atoms with Crippen molar-refractivity contribution in [3.8, 4) is 0 Å². The van der Waals surface area contributed by atoms with Crippen LogP contribution in [0, 0.1) is 5.92 Å². The van der Waals surface area contributed by atoms with Gasteiger partial charge in [0.15, 0.2) is 0 Å². The van der Waals surface area contributed by atoms with E-state index in [9.17, 15) is 9.59 Å². The SMILES string of the molecule is C[C@@H](CCC(N)=O)[C@@H](C)OCc1ccc2c(CCCC(=O)O)cccc2c1. The summed E-state index contributed by atoms with van der Waals surface area (Å²) in [6.07, 6.45) is 2.74. The average Bonchev–Trinajstić information content (AvgIpc) is 2.63. The summed E-state index contributed by atoms with van der Waals surface area (Å²) in [6.45, 7) is 4.60. The van der Waals surface area contributed by atoms with E-state index in [4.69, 9.17) is 15.6 Å². The van der Waals surface area contributed by atoms with Crippen molar-refractivity contribution in [2.24, 2.45) is 11.7 Å². The second-order valence-electron chi connectivity index (χ2n) is 7.22. The normalized spacial score (nSPS) is 13.4. The number of primary amides is 1. The van der Waals surface area contributed by atoms with Gasteiger partial charge >= 0.3 is 5.97 Å². The number of carbonyl (C=O) groups is 2. The molecule has 5 heteroatoms. The Kier molecular flexibility index (Phi) is 7.80. The molecule has 0 aliphatic rings. The minimum Gasteiger partial charge on any atom is -0.481 e. The van der Waals surface area contributed by atoms with Gasteiger partial charge in [0.05, 0.1) is 12.7 Å². The number of ether oxygens (including phenoxy) is 1. The summed E-state index contributed by atoms with van der Waals surface area (Å²) in [5.41, 5.74) is 7.48. The van der Waals surface area contributed by atoms with Crippen LogP contribution in [0.15, 0.2) is 36.4 Å². The minimum atomic E-state index is -0.756. The van der Waals surface area contributed by atoms with Crippen LogP contribution < -0.4 is 5.73 Å². The third kappa shape index (κ3) is 6.68. The van der Waals surface area contributed by atoms with Gasteiger partial charge in [-0.05, 0) is 60.1 Å². The van der Waals surface area contributed by atoms with Crippen molar-refractivity contribution in [3.63, 3.8) is 0 Å². The fraction of sp³-hybridized carbons (Fsp3) is 0.455. The van der Waals surface area contributed by atoms with E-state index in [-0.39, 0.29) is 24.3 Å². The molecule has 0 radical (unpaired) electrons. The molecule has 0 saturated carbocycles. The van der Waals surface area contributed by atoms with Gasteiger partial charge in [-0.3, -0.25) is 9.59 Å². The highest BCUT2D eigenvalue weighted by Gasteiger charge is 2.14. The lowest BCUT2D eigenvalue weighted by atomic mass is 9.98. The van der Waals surface area contributed by atoms with E-state index in [1.54, 1.807) is 0 Å². The molecule has 2 rings (SSSR count). The molecule has 27 heavy (non-hydrogen) atoms. The van der Waals surface area contributed by atoms with Crippen molar-refractivity contribution in [1.29, 1.82) is 0 Å². The molecule has 0 bridgehead atoms. The third-order valence-electron chi connectivity index (χ3n) is 5.03. The summed E-state index contributed by atoms with van der Waals surface area (Å²) < 4.78 is 5.98. The highest BCUT2D eigenvalue weighted by molar-refractivity contribution is 5.86. The van der Waals surface area contributed by atoms with Gasteiger partial charge in [0.1, 0.15) is 0 Å². The summed E-state index contributed by atoms with van der Waals surface area (Å²) >= 11 is 0. The first-order valence-electron chi connectivity index (χ1n) is 9.49. The highest BCUT2D eigenvalue weighted by atomic mass is 16.5. The summed E-state index contributed by atoms with van der Waals surface area (Å²) in [7, 11) is 0. The fourth-order valence-corrected chi connectivity index (χ4v) is 3.13. The standard InChI is InChI=1S/C22H29NO4/c1-15(9-12-21(23)24)16(2)27-14-17-10-11-20-18(6-4-8-22(25)26)5-3-7-19(20)13-17/h3,5,7,10-11,13,15-16H,4,6,8-9,12,14H2,1-2H3,(H2,23,24)(H,25,26)/t15-,16+/m0/s1. The Hall–Kier alpha value is -2.40. The molecule has 1 amide bonds. The van der Waals surface area contributed by atoms with E-state index < -0.39 is 5.97 Å². The number of nitrogens with two attached hydrogens (primary N) is 1. The number of rotatable bonds is 11. The smallest absolute Gasteiger partial charge is 0.303 e. The molecule has 0 saturated heterocycles. The second kappa shape index (κ2) is 10.1. The first-order chi connectivity index (χ1) is 12.9. The number of fused-ring (bicyclic) bond motifs is 1. The molecular formula is C22H29NO4. The molecule has 2 aromatic rings. The van der Waals surface area contributed by atoms with Crippen LogP contribution in [0.3, 0.4) is 0 Å². The zero-order valence-electron chi connectivity index (χ0n) is 16.1. The van der Waals surface area contributed by atoms with Crippen LogP contribution in [-0.2, 0) is 27.4 Å². The van der Waals surface area contributed by atoms with Crippen LogP contribution in [0.5, 0.6) is 0 Å². The lowest BCUT2D eigenvalue weighted by molar-refractivity contribution is -0.137. The number of carboxylic acid groups (broad SMARTS) is 1. The van der Waals surface area contributed by atoms with Crippen LogP contribution in [0.1, 0.15) is 50.7 Å². The molecule has 146 valence electrons. The van der Waals surface area contributed by atoms with E-state index in [2.05, 4.69) is 37.3 Å².